The number of barbiturate groups is 1. The van der Waals surface area contributed by atoms with Gasteiger partial charge in [-0.05, 0) is 55.0 Å². The van der Waals surface area contributed by atoms with E-state index in [1.54, 1.807) is 42.5 Å². The number of unbranched alkanes of at least 4 members (excludes halogenated alkanes) is 1. The highest BCUT2D eigenvalue weighted by atomic mass is 79.9. The Bertz CT molecular complexity index is 1370. The lowest BCUT2D eigenvalue weighted by Gasteiger charge is -2.26. The van der Waals surface area contributed by atoms with Crippen LogP contribution in [0.2, 0.25) is 0 Å². The highest BCUT2D eigenvalue weighted by Crippen LogP contribution is 2.30. The molecule has 8 nitrogen and oxygen atoms in total. The fraction of sp³-hybridized carbons (Fsp3) is 0.207. The molecule has 0 bridgehead atoms. The Labute approximate surface area is 229 Å². The van der Waals surface area contributed by atoms with Gasteiger partial charge >= 0.3 is 6.03 Å². The van der Waals surface area contributed by atoms with Crippen molar-refractivity contribution in [1.29, 1.82) is 0 Å². The second-order valence-corrected chi connectivity index (χ2v) is 9.29. The lowest BCUT2D eigenvalue weighted by atomic mass is 10.1. The molecule has 196 valence electrons. The Balaban J connectivity index is 1.61. The molecule has 1 N–H and O–H groups in total. The standard InChI is InChI=1S/C29H27BrN2O6/c1-3-4-15-37-22-13-10-21(11-14-22)32-28(34)24(27(33)31-29(32)35)16-19-9-12-23(36-2)17-26(19)38-18-20-7-5-6-8-25(20)30/h5-14,16-17H,3-4,15,18H2,1-2H3,(H,31,33,35)/b24-16-. The molecule has 1 heterocycles. The van der Waals surface area contributed by atoms with Gasteiger partial charge in [-0.1, -0.05) is 47.5 Å². The number of imide groups is 2. The Hall–Kier alpha value is -4.11. The van der Waals surface area contributed by atoms with E-state index in [-0.39, 0.29) is 12.2 Å². The van der Waals surface area contributed by atoms with Crippen molar-refractivity contribution in [1.82, 2.24) is 5.32 Å². The van der Waals surface area contributed by atoms with Gasteiger partial charge in [0.15, 0.2) is 0 Å². The van der Waals surface area contributed by atoms with Crippen LogP contribution in [0.4, 0.5) is 10.5 Å². The number of rotatable bonds is 10. The summed E-state index contributed by atoms with van der Waals surface area (Å²) in [5.74, 6) is 0.0512. The number of hydrogen-bond donors (Lipinski definition) is 1. The Morgan fingerprint density at radius 2 is 1.68 bits per heavy atom. The third-order valence-electron chi connectivity index (χ3n) is 5.82. The van der Waals surface area contributed by atoms with Gasteiger partial charge in [0, 0.05) is 21.7 Å². The topological polar surface area (TPSA) is 94.2 Å². The predicted molar refractivity (Wildman–Crippen MR) is 147 cm³/mol. The molecule has 1 aliphatic rings. The van der Waals surface area contributed by atoms with Gasteiger partial charge in [-0.2, -0.15) is 0 Å². The van der Waals surface area contributed by atoms with Gasteiger partial charge in [0.25, 0.3) is 11.8 Å². The molecule has 38 heavy (non-hydrogen) atoms. The first-order valence-electron chi connectivity index (χ1n) is 12.1. The third kappa shape index (κ3) is 6.23. The minimum Gasteiger partial charge on any atom is -0.497 e. The van der Waals surface area contributed by atoms with E-state index in [1.807, 2.05) is 24.3 Å². The molecule has 3 aromatic rings. The van der Waals surface area contributed by atoms with Crippen molar-refractivity contribution in [2.24, 2.45) is 0 Å². The van der Waals surface area contributed by atoms with Gasteiger partial charge < -0.3 is 14.2 Å². The summed E-state index contributed by atoms with van der Waals surface area (Å²) in [6.07, 6.45) is 3.34. The van der Waals surface area contributed by atoms with Gasteiger partial charge in [-0.15, -0.1) is 0 Å². The van der Waals surface area contributed by atoms with Crippen molar-refractivity contribution >= 4 is 45.5 Å². The maximum atomic E-state index is 13.4. The first-order valence-corrected chi connectivity index (χ1v) is 12.9. The maximum Gasteiger partial charge on any atom is 0.335 e. The molecule has 9 heteroatoms. The van der Waals surface area contributed by atoms with E-state index in [2.05, 4.69) is 28.2 Å². The van der Waals surface area contributed by atoms with Crippen molar-refractivity contribution in [2.45, 2.75) is 26.4 Å². The zero-order valence-electron chi connectivity index (χ0n) is 21.0. The molecule has 0 unspecified atom stereocenters. The molecule has 3 aromatic carbocycles. The molecule has 0 saturated carbocycles. The fourth-order valence-electron chi connectivity index (χ4n) is 3.73. The van der Waals surface area contributed by atoms with E-state index in [0.29, 0.717) is 35.1 Å². The fourth-order valence-corrected chi connectivity index (χ4v) is 4.13. The van der Waals surface area contributed by atoms with Crippen LogP contribution in [0.25, 0.3) is 6.08 Å². The van der Waals surface area contributed by atoms with E-state index in [0.717, 1.165) is 27.8 Å². The van der Waals surface area contributed by atoms with E-state index in [4.69, 9.17) is 14.2 Å². The number of anilines is 1. The Morgan fingerprint density at radius 3 is 2.39 bits per heavy atom. The van der Waals surface area contributed by atoms with Crippen molar-refractivity contribution in [2.75, 3.05) is 18.6 Å². The number of methoxy groups -OCH3 is 1. The monoisotopic (exact) mass is 578 g/mol. The number of ether oxygens (including phenoxy) is 3. The first-order chi connectivity index (χ1) is 18.4. The molecule has 1 fully saturated rings. The first kappa shape index (κ1) is 26.9. The maximum absolute atomic E-state index is 13.4. The van der Waals surface area contributed by atoms with Gasteiger partial charge in [-0.25, -0.2) is 9.69 Å². The van der Waals surface area contributed by atoms with Gasteiger partial charge in [-0.3, -0.25) is 14.9 Å². The lowest BCUT2D eigenvalue weighted by Crippen LogP contribution is -2.54. The smallest absolute Gasteiger partial charge is 0.335 e. The number of nitrogens with zero attached hydrogens (tertiary/aromatic N) is 1. The van der Waals surface area contributed by atoms with Crippen molar-refractivity contribution in [3.05, 3.63) is 87.9 Å². The summed E-state index contributed by atoms with van der Waals surface area (Å²) in [4.78, 5) is 39.6. The van der Waals surface area contributed by atoms with E-state index in [1.165, 1.54) is 13.2 Å². The van der Waals surface area contributed by atoms with Crippen molar-refractivity contribution in [3.63, 3.8) is 0 Å². The van der Waals surface area contributed by atoms with Crippen LogP contribution in [0, 0.1) is 0 Å². The van der Waals surface area contributed by atoms with E-state index >= 15 is 0 Å². The minimum absolute atomic E-state index is 0.205. The average Bonchev–Trinajstić information content (AvgIpc) is 2.92. The molecular weight excluding hydrogens is 552 g/mol. The molecule has 0 radical (unpaired) electrons. The molecule has 0 atom stereocenters. The van der Waals surface area contributed by atoms with Crippen LogP contribution in [0.3, 0.4) is 0 Å². The van der Waals surface area contributed by atoms with Crippen LogP contribution in [-0.2, 0) is 16.2 Å². The largest absolute Gasteiger partial charge is 0.497 e. The number of hydrogen-bond acceptors (Lipinski definition) is 6. The van der Waals surface area contributed by atoms with Crippen LogP contribution in [-0.4, -0.2) is 31.6 Å². The second-order valence-electron chi connectivity index (χ2n) is 8.44. The van der Waals surface area contributed by atoms with E-state index in [9.17, 15) is 14.4 Å². The highest BCUT2D eigenvalue weighted by Gasteiger charge is 2.37. The summed E-state index contributed by atoms with van der Waals surface area (Å²) in [7, 11) is 1.53. The van der Waals surface area contributed by atoms with Crippen LogP contribution in [0.5, 0.6) is 17.2 Å². The summed E-state index contributed by atoms with van der Waals surface area (Å²) >= 11 is 3.51. The Morgan fingerprint density at radius 1 is 0.947 bits per heavy atom. The molecule has 1 saturated heterocycles. The van der Waals surface area contributed by atoms with Gasteiger partial charge in [0.05, 0.1) is 19.4 Å². The number of amides is 4. The lowest BCUT2D eigenvalue weighted by molar-refractivity contribution is -0.122. The third-order valence-corrected chi connectivity index (χ3v) is 6.60. The van der Waals surface area contributed by atoms with Gasteiger partial charge in [0.2, 0.25) is 0 Å². The van der Waals surface area contributed by atoms with Crippen molar-refractivity contribution in [3.8, 4) is 17.2 Å². The highest BCUT2D eigenvalue weighted by molar-refractivity contribution is 9.10. The van der Waals surface area contributed by atoms with Crippen LogP contribution in [0.15, 0.2) is 76.8 Å². The number of halogens is 1. The number of benzene rings is 3. The van der Waals surface area contributed by atoms with E-state index < -0.39 is 17.8 Å². The molecule has 4 rings (SSSR count). The molecular formula is C29H27BrN2O6. The predicted octanol–water partition coefficient (Wildman–Crippen LogP) is 5.88. The number of carbonyl (C=O) groups excluding carboxylic acids is 3. The quantitative estimate of drug-likeness (QED) is 0.183. The SMILES string of the molecule is CCCCOc1ccc(N2C(=O)NC(=O)/C(=C/c3ccc(OC)cc3OCc3ccccc3Br)C2=O)cc1. The molecule has 4 amide bonds. The summed E-state index contributed by atoms with van der Waals surface area (Å²) in [5.41, 5.74) is 1.50. The molecule has 1 aliphatic heterocycles. The average molecular weight is 579 g/mol. The minimum atomic E-state index is -0.822. The van der Waals surface area contributed by atoms with Gasteiger partial charge in [0.1, 0.15) is 29.4 Å². The number of carbonyl (C=O) groups is 3. The number of nitrogens with one attached hydrogen (secondary N) is 1. The summed E-state index contributed by atoms with van der Waals surface area (Å²) in [6.45, 7) is 2.89. The second kappa shape index (κ2) is 12.4. The Kier molecular flexibility index (Phi) is 8.81. The molecule has 0 spiro atoms. The normalized spacial score (nSPS) is 14.4. The zero-order valence-corrected chi connectivity index (χ0v) is 22.6. The molecule has 0 aliphatic carbocycles. The summed E-state index contributed by atoms with van der Waals surface area (Å²) < 4.78 is 17.9. The summed E-state index contributed by atoms with van der Waals surface area (Å²) in [6, 6.07) is 18.4. The number of urea groups is 1. The van der Waals surface area contributed by atoms with Crippen molar-refractivity contribution < 1.29 is 28.6 Å². The van der Waals surface area contributed by atoms with Crippen LogP contribution >= 0.6 is 15.9 Å². The van der Waals surface area contributed by atoms with Crippen LogP contribution < -0.4 is 24.4 Å². The molecule has 0 aromatic heterocycles. The summed E-state index contributed by atoms with van der Waals surface area (Å²) in [5, 5.41) is 2.25. The van der Waals surface area contributed by atoms with Crippen LogP contribution in [0.1, 0.15) is 30.9 Å². The zero-order chi connectivity index (χ0) is 27.1.